The van der Waals surface area contributed by atoms with Gasteiger partial charge in [0.25, 0.3) is 5.91 Å². The first kappa shape index (κ1) is 20.6. The van der Waals surface area contributed by atoms with Crippen LogP contribution >= 0.6 is 0 Å². The molecule has 5 rings (SSSR count). The third-order valence-corrected chi connectivity index (χ3v) is 6.09. The zero-order valence-electron chi connectivity index (χ0n) is 18.3. The minimum Gasteiger partial charge on any atom is -0.381 e. The highest BCUT2D eigenvalue weighted by Gasteiger charge is 2.21. The number of carbonyl (C=O) groups is 1. The van der Waals surface area contributed by atoms with Crippen LogP contribution in [0, 0.1) is 0 Å². The largest absolute Gasteiger partial charge is 0.381 e. The van der Waals surface area contributed by atoms with Gasteiger partial charge in [0.15, 0.2) is 0 Å². The highest BCUT2D eigenvalue weighted by Crippen LogP contribution is 2.31. The van der Waals surface area contributed by atoms with Crippen LogP contribution in [0.15, 0.2) is 36.8 Å². The van der Waals surface area contributed by atoms with E-state index >= 15 is 0 Å². The molecule has 0 unspecified atom stereocenters. The number of fused-ring (bicyclic) bond motifs is 2. The molecule has 1 aliphatic carbocycles. The van der Waals surface area contributed by atoms with Crippen LogP contribution < -0.4 is 10.6 Å². The fourth-order valence-corrected chi connectivity index (χ4v) is 4.40. The van der Waals surface area contributed by atoms with E-state index in [0.29, 0.717) is 24.7 Å². The molecule has 1 amide bonds. The SMILES string of the molecule is CCNc1ncc2c(n1)CCCC=C2c1ccn2ncc(C(=O)NC3CCOCC3)c2c1. The molecule has 0 bridgehead atoms. The molecule has 1 fully saturated rings. The van der Waals surface area contributed by atoms with E-state index in [1.807, 2.05) is 31.5 Å². The second kappa shape index (κ2) is 9.08. The minimum absolute atomic E-state index is 0.0853. The molecule has 166 valence electrons. The van der Waals surface area contributed by atoms with Gasteiger partial charge >= 0.3 is 0 Å². The van der Waals surface area contributed by atoms with Crippen LogP contribution in [0.5, 0.6) is 0 Å². The minimum atomic E-state index is -0.0853. The van der Waals surface area contributed by atoms with Crippen LogP contribution in [-0.2, 0) is 11.2 Å². The Morgan fingerprint density at radius 2 is 2.16 bits per heavy atom. The molecule has 0 spiro atoms. The van der Waals surface area contributed by atoms with Crippen LogP contribution in [0.2, 0.25) is 0 Å². The lowest BCUT2D eigenvalue weighted by molar-refractivity contribution is 0.0697. The Hall–Kier alpha value is -3.26. The highest BCUT2D eigenvalue weighted by atomic mass is 16.5. The van der Waals surface area contributed by atoms with E-state index in [9.17, 15) is 4.79 Å². The maximum absolute atomic E-state index is 13.0. The molecule has 8 nitrogen and oxygen atoms in total. The Morgan fingerprint density at radius 3 is 3.00 bits per heavy atom. The normalized spacial score (nSPS) is 16.8. The summed E-state index contributed by atoms with van der Waals surface area (Å²) in [6.45, 7) is 4.21. The van der Waals surface area contributed by atoms with E-state index in [2.05, 4.69) is 26.8 Å². The van der Waals surface area contributed by atoms with E-state index < -0.39 is 0 Å². The van der Waals surface area contributed by atoms with Crippen molar-refractivity contribution in [3.05, 3.63) is 59.2 Å². The average Bonchev–Trinajstić information content (AvgIpc) is 3.12. The summed E-state index contributed by atoms with van der Waals surface area (Å²) in [5.74, 6) is 0.587. The average molecular weight is 433 g/mol. The van der Waals surface area contributed by atoms with Crippen LogP contribution in [0.4, 0.5) is 5.95 Å². The van der Waals surface area contributed by atoms with Crippen molar-refractivity contribution in [2.24, 2.45) is 0 Å². The van der Waals surface area contributed by atoms with Crippen LogP contribution in [-0.4, -0.2) is 51.3 Å². The van der Waals surface area contributed by atoms with E-state index in [4.69, 9.17) is 9.72 Å². The quantitative estimate of drug-likeness (QED) is 0.643. The number of carbonyl (C=O) groups excluding carboxylic acids is 1. The lowest BCUT2D eigenvalue weighted by atomic mass is 9.98. The molecule has 0 atom stereocenters. The zero-order valence-corrected chi connectivity index (χ0v) is 18.3. The van der Waals surface area contributed by atoms with E-state index in [1.165, 1.54) is 0 Å². The predicted octanol–water partition coefficient (Wildman–Crippen LogP) is 3.23. The first-order valence-corrected chi connectivity index (χ1v) is 11.4. The van der Waals surface area contributed by atoms with Crippen molar-refractivity contribution in [2.75, 3.05) is 25.1 Å². The summed E-state index contributed by atoms with van der Waals surface area (Å²) in [6, 6.07) is 4.23. The number of aryl methyl sites for hydroxylation is 1. The number of aromatic nitrogens is 4. The maximum Gasteiger partial charge on any atom is 0.255 e. The number of anilines is 1. The van der Waals surface area contributed by atoms with E-state index in [1.54, 1.807) is 10.7 Å². The van der Waals surface area contributed by atoms with E-state index in [-0.39, 0.29) is 11.9 Å². The Labute approximate surface area is 187 Å². The van der Waals surface area contributed by atoms with Crippen molar-refractivity contribution >= 4 is 22.9 Å². The molecule has 0 aromatic carbocycles. The molecule has 3 aromatic rings. The Morgan fingerprint density at radius 1 is 1.28 bits per heavy atom. The van der Waals surface area contributed by atoms with Crippen LogP contribution in [0.3, 0.4) is 0 Å². The first-order chi connectivity index (χ1) is 15.7. The number of pyridine rings is 1. The number of ether oxygens (including phenoxy) is 1. The summed E-state index contributed by atoms with van der Waals surface area (Å²) in [5.41, 5.74) is 5.66. The van der Waals surface area contributed by atoms with Gasteiger partial charge in [0.1, 0.15) is 0 Å². The van der Waals surface area contributed by atoms with Crippen molar-refractivity contribution in [1.29, 1.82) is 0 Å². The molecule has 4 heterocycles. The number of nitrogens with one attached hydrogen (secondary N) is 2. The maximum atomic E-state index is 13.0. The van der Waals surface area contributed by atoms with Crippen molar-refractivity contribution < 1.29 is 9.53 Å². The van der Waals surface area contributed by atoms with Gasteiger partial charge in [-0.2, -0.15) is 5.10 Å². The molecular formula is C24H28N6O2. The molecule has 0 radical (unpaired) electrons. The summed E-state index contributed by atoms with van der Waals surface area (Å²) in [5, 5.41) is 10.7. The number of nitrogens with zero attached hydrogens (tertiary/aromatic N) is 4. The monoisotopic (exact) mass is 432 g/mol. The molecular weight excluding hydrogens is 404 g/mol. The molecule has 32 heavy (non-hydrogen) atoms. The Bertz CT molecular complexity index is 1160. The Kier molecular flexibility index (Phi) is 5.85. The Balaban J connectivity index is 1.48. The summed E-state index contributed by atoms with van der Waals surface area (Å²) < 4.78 is 7.15. The van der Waals surface area contributed by atoms with E-state index in [0.717, 1.165) is 66.6 Å². The number of rotatable bonds is 5. The van der Waals surface area contributed by atoms with Gasteiger partial charge in [0.2, 0.25) is 5.95 Å². The van der Waals surface area contributed by atoms with Crippen molar-refractivity contribution in [3.8, 4) is 0 Å². The second-order valence-corrected chi connectivity index (χ2v) is 8.26. The molecule has 8 heteroatoms. The van der Waals surface area contributed by atoms with Crippen molar-refractivity contribution in [3.63, 3.8) is 0 Å². The fourth-order valence-electron chi connectivity index (χ4n) is 4.40. The summed E-state index contributed by atoms with van der Waals surface area (Å²) in [6.07, 6.45) is 12.4. The van der Waals surface area contributed by atoms with Gasteiger partial charge in [-0.1, -0.05) is 6.08 Å². The van der Waals surface area contributed by atoms with Crippen LogP contribution in [0.25, 0.3) is 11.1 Å². The smallest absolute Gasteiger partial charge is 0.255 e. The number of amides is 1. The van der Waals surface area contributed by atoms with Gasteiger partial charge in [-0.25, -0.2) is 14.5 Å². The van der Waals surface area contributed by atoms with Gasteiger partial charge in [-0.3, -0.25) is 4.79 Å². The number of allylic oxidation sites excluding steroid dienone is 1. The number of hydrogen-bond acceptors (Lipinski definition) is 6. The molecule has 2 N–H and O–H groups in total. The van der Waals surface area contributed by atoms with Gasteiger partial charge in [0.05, 0.1) is 23.0 Å². The summed E-state index contributed by atoms with van der Waals surface area (Å²) in [7, 11) is 0. The molecule has 2 aliphatic rings. The van der Waals surface area contributed by atoms with Gasteiger partial charge in [0, 0.05) is 43.8 Å². The molecule has 1 aliphatic heterocycles. The number of hydrogen-bond donors (Lipinski definition) is 2. The lowest BCUT2D eigenvalue weighted by Gasteiger charge is -2.22. The van der Waals surface area contributed by atoms with Gasteiger partial charge in [-0.15, -0.1) is 0 Å². The summed E-state index contributed by atoms with van der Waals surface area (Å²) >= 11 is 0. The molecule has 1 saturated heterocycles. The third-order valence-electron chi connectivity index (χ3n) is 6.09. The van der Waals surface area contributed by atoms with Crippen LogP contribution in [0.1, 0.15) is 59.8 Å². The summed E-state index contributed by atoms with van der Waals surface area (Å²) in [4.78, 5) is 22.2. The second-order valence-electron chi connectivity index (χ2n) is 8.26. The van der Waals surface area contributed by atoms with Crippen molar-refractivity contribution in [1.82, 2.24) is 24.9 Å². The topological polar surface area (TPSA) is 93.4 Å². The zero-order chi connectivity index (χ0) is 21.9. The highest BCUT2D eigenvalue weighted by molar-refractivity contribution is 6.01. The molecule has 3 aromatic heterocycles. The standard InChI is InChI=1S/C24H28N6O2/c1-2-25-24-26-14-19-18(5-3-4-6-21(19)29-24)16-7-10-30-22(13-16)20(15-27-30)23(31)28-17-8-11-32-12-9-17/h5,7,10,13-15,17H,2-4,6,8-9,11-12H2,1H3,(H,28,31)(H,25,26,29). The molecule has 0 saturated carbocycles. The van der Waals surface area contributed by atoms with Gasteiger partial charge in [-0.05, 0) is 62.3 Å². The third kappa shape index (κ3) is 4.10. The first-order valence-electron chi connectivity index (χ1n) is 11.4. The lowest BCUT2D eigenvalue weighted by Crippen LogP contribution is -2.38. The van der Waals surface area contributed by atoms with Gasteiger partial charge < -0.3 is 15.4 Å². The van der Waals surface area contributed by atoms with Crippen molar-refractivity contribution in [2.45, 2.75) is 45.1 Å². The predicted molar refractivity (Wildman–Crippen MR) is 123 cm³/mol. The fraction of sp³-hybridized carbons (Fsp3) is 0.417.